The van der Waals surface area contributed by atoms with Gasteiger partial charge in [-0.05, 0) is 56.1 Å². The van der Waals surface area contributed by atoms with Gasteiger partial charge < -0.3 is 9.63 Å². The molecule has 0 aliphatic heterocycles. The topological polar surface area (TPSA) is 46.3 Å². The summed E-state index contributed by atoms with van der Waals surface area (Å²) < 4.78 is 7.54. The van der Waals surface area contributed by atoms with Crippen LogP contribution in [0.4, 0.5) is 0 Å². The Morgan fingerprint density at radius 2 is 2.10 bits per heavy atom. The highest BCUT2D eigenvalue weighted by molar-refractivity contribution is 14.1. The van der Waals surface area contributed by atoms with Crippen molar-refractivity contribution in [1.29, 1.82) is 0 Å². The molecular weight excluding hydrogens is 377 g/mol. The average Bonchev–Trinajstić information content (AvgIpc) is 2.93. The summed E-state index contributed by atoms with van der Waals surface area (Å²) in [5.74, 6) is 1.25. The summed E-state index contributed by atoms with van der Waals surface area (Å²) in [6.07, 6.45) is 7.10. The van der Waals surface area contributed by atoms with Crippen LogP contribution in [0.2, 0.25) is 0 Å². The van der Waals surface area contributed by atoms with Gasteiger partial charge in [-0.1, -0.05) is 45.8 Å². The molecular formula is C17H26INO2. The molecule has 0 saturated carbocycles. The highest BCUT2D eigenvalue weighted by Gasteiger charge is 2.11. The lowest BCUT2D eigenvalue weighted by Crippen LogP contribution is -1.93. The molecule has 0 saturated heterocycles. The van der Waals surface area contributed by atoms with Crippen LogP contribution >= 0.6 is 22.6 Å². The van der Waals surface area contributed by atoms with Gasteiger partial charge in [-0.25, -0.2) is 0 Å². The first-order valence-corrected chi connectivity index (χ1v) is 8.82. The van der Waals surface area contributed by atoms with E-state index in [1.165, 1.54) is 11.1 Å². The zero-order chi connectivity index (χ0) is 15.7. The molecule has 0 spiro atoms. The first-order chi connectivity index (χ1) is 10.1. The Morgan fingerprint density at radius 3 is 2.76 bits per heavy atom. The van der Waals surface area contributed by atoms with E-state index in [-0.39, 0.29) is 6.61 Å². The number of halogens is 1. The Balaban J connectivity index is 2.53. The van der Waals surface area contributed by atoms with Crippen molar-refractivity contribution in [2.24, 2.45) is 0 Å². The average molecular weight is 403 g/mol. The number of allylic oxidation sites excluding steroid dienone is 2. The Labute approximate surface area is 141 Å². The summed E-state index contributed by atoms with van der Waals surface area (Å²) in [5, 5.41) is 13.0. The largest absolute Gasteiger partial charge is 0.396 e. The van der Waals surface area contributed by atoms with Gasteiger partial charge in [-0.2, -0.15) is 0 Å². The van der Waals surface area contributed by atoms with Crippen LogP contribution in [0.5, 0.6) is 0 Å². The molecule has 1 N–H and O–H groups in total. The van der Waals surface area contributed by atoms with Gasteiger partial charge in [0.1, 0.15) is 0 Å². The molecule has 0 aromatic carbocycles. The Morgan fingerprint density at radius 1 is 1.33 bits per heavy atom. The fraction of sp³-hybridized carbons (Fsp3) is 0.588. The number of unbranched alkanes of at least 4 members (excludes halogenated alkanes) is 1. The monoisotopic (exact) mass is 403 g/mol. The number of hydrogen-bond acceptors (Lipinski definition) is 3. The van der Waals surface area contributed by atoms with Crippen molar-refractivity contribution in [3.05, 3.63) is 32.7 Å². The minimum atomic E-state index is 0.266. The third-order valence-corrected chi connectivity index (χ3v) is 4.64. The summed E-state index contributed by atoms with van der Waals surface area (Å²) in [6.45, 7) is 6.71. The predicted molar refractivity (Wildman–Crippen MR) is 96.5 cm³/mol. The van der Waals surface area contributed by atoms with Gasteiger partial charge in [0, 0.05) is 18.6 Å². The van der Waals surface area contributed by atoms with Crippen LogP contribution in [0.3, 0.4) is 0 Å². The molecule has 0 radical (unpaired) electrons. The normalized spacial score (nSPS) is 14.5. The second-order valence-corrected chi connectivity index (χ2v) is 6.34. The first-order valence-electron chi connectivity index (χ1n) is 7.57. The molecule has 1 aromatic heterocycles. The molecule has 0 aliphatic carbocycles. The highest BCUT2D eigenvalue weighted by atomic mass is 127. The summed E-state index contributed by atoms with van der Waals surface area (Å²) in [5.41, 5.74) is 3.71. The van der Waals surface area contributed by atoms with Crippen LogP contribution in [-0.2, 0) is 0 Å². The van der Waals surface area contributed by atoms with Crippen molar-refractivity contribution in [2.75, 3.05) is 6.61 Å². The molecule has 4 heteroatoms. The van der Waals surface area contributed by atoms with Gasteiger partial charge in [-0.15, -0.1) is 0 Å². The quantitative estimate of drug-likeness (QED) is 0.440. The molecule has 3 nitrogen and oxygen atoms in total. The minimum absolute atomic E-state index is 0.266. The van der Waals surface area contributed by atoms with E-state index < -0.39 is 0 Å². The van der Waals surface area contributed by atoms with Crippen LogP contribution in [0.1, 0.15) is 70.2 Å². The number of aliphatic hydroxyl groups excluding tert-OH is 1. The molecule has 1 unspecified atom stereocenters. The number of aliphatic hydroxyl groups is 1. The van der Waals surface area contributed by atoms with E-state index in [1.54, 1.807) is 0 Å². The summed E-state index contributed by atoms with van der Waals surface area (Å²) in [4.78, 5) is 0. The molecule has 0 amide bonds. The zero-order valence-electron chi connectivity index (χ0n) is 13.2. The van der Waals surface area contributed by atoms with Crippen LogP contribution in [0.15, 0.2) is 25.8 Å². The van der Waals surface area contributed by atoms with Crippen molar-refractivity contribution in [3.63, 3.8) is 0 Å². The van der Waals surface area contributed by atoms with Gasteiger partial charge in [0.2, 0.25) is 0 Å². The zero-order valence-corrected chi connectivity index (χ0v) is 15.4. The lowest BCUT2D eigenvalue weighted by Gasteiger charge is -2.06. The van der Waals surface area contributed by atoms with Crippen molar-refractivity contribution in [3.8, 4) is 0 Å². The van der Waals surface area contributed by atoms with Gasteiger partial charge in [0.25, 0.3) is 0 Å². The van der Waals surface area contributed by atoms with Crippen LogP contribution in [0, 0.1) is 0 Å². The van der Waals surface area contributed by atoms with E-state index in [4.69, 9.17) is 9.63 Å². The molecule has 1 heterocycles. The Hall–Kier alpha value is -0.620. The smallest absolute Gasteiger partial charge is 0.159 e. The number of hydrogen-bond donors (Lipinski definition) is 1. The van der Waals surface area contributed by atoms with E-state index in [0.29, 0.717) is 5.92 Å². The maximum Gasteiger partial charge on any atom is 0.159 e. The second kappa shape index (κ2) is 10.2. The fourth-order valence-corrected chi connectivity index (χ4v) is 2.39. The molecule has 1 rings (SSSR count). The van der Waals surface area contributed by atoms with Gasteiger partial charge >= 0.3 is 0 Å². The molecule has 118 valence electrons. The lowest BCUT2D eigenvalue weighted by atomic mass is 9.99. The lowest BCUT2D eigenvalue weighted by molar-refractivity contribution is 0.284. The van der Waals surface area contributed by atoms with Crippen molar-refractivity contribution in [1.82, 2.24) is 5.16 Å². The molecule has 1 aromatic rings. The standard InChI is InChI=1S/C17H26INO2/c1-13(6-4-5-9-20)10-16-11-17(19-21-16)15(3)8-7-14(2)12-18/h10-12,15,20H,4-9H2,1-3H3/b13-10-,14-12+. The summed E-state index contributed by atoms with van der Waals surface area (Å²) in [7, 11) is 0. The molecule has 1 atom stereocenters. The molecule has 0 bridgehead atoms. The molecule has 0 fully saturated rings. The minimum Gasteiger partial charge on any atom is -0.396 e. The van der Waals surface area contributed by atoms with E-state index in [9.17, 15) is 0 Å². The maximum atomic E-state index is 8.79. The Bertz CT molecular complexity index is 477. The van der Waals surface area contributed by atoms with E-state index in [1.807, 2.05) is 6.07 Å². The predicted octanol–water partition coefficient (Wildman–Crippen LogP) is 5.46. The number of aromatic nitrogens is 1. The third-order valence-electron chi connectivity index (χ3n) is 3.58. The van der Waals surface area contributed by atoms with Crippen molar-refractivity contribution < 1.29 is 9.63 Å². The second-order valence-electron chi connectivity index (χ2n) is 5.72. The SMILES string of the molecule is C/C(=C/c1cc(C(C)CC/C(C)=C/I)no1)CCCCO. The maximum absolute atomic E-state index is 8.79. The van der Waals surface area contributed by atoms with Gasteiger partial charge in [0.05, 0.1) is 5.69 Å². The van der Waals surface area contributed by atoms with Crippen LogP contribution in [0.25, 0.3) is 6.08 Å². The Kier molecular flexibility index (Phi) is 8.92. The third kappa shape index (κ3) is 7.27. The summed E-state index contributed by atoms with van der Waals surface area (Å²) >= 11 is 2.29. The van der Waals surface area contributed by atoms with Crippen LogP contribution < -0.4 is 0 Å². The first kappa shape index (κ1) is 18.4. The van der Waals surface area contributed by atoms with E-state index in [2.05, 4.69) is 58.7 Å². The van der Waals surface area contributed by atoms with Gasteiger partial charge in [-0.3, -0.25) is 0 Å². The number of nitrogens with zero attached hydrogens (tertiary/aromatic N) is 1. The van der Waals surface area contributed by atoms with Gasteiger partial charge in [0.15, 0.2) is 5.76 Å². The van der Waals surface area contributed by atoms with Crippen molar-refractivity contribution in [2.45, 2.75) is 58.8 Å². The number of rotatable bonds is 9. The fourth-order valence-electron chi connectivity index (χ4n) is 2.08. The summed E-state index contributed by atoms with van der Waals surface area (Å²) in [6, 6.07) is 2.04. The van der Waals surface area contributed by atoms with E-state index >= 15 is 0 Å². The van der Waals surface area contributed by atoms with E-state index in [0.717, 1.165) is 43.6 Å². The van der Waals surface area contributed by atoms with Crippen LogP contribution in [-0.4, -0.2) is 16.9 Å². The molecule has 0 aliphatic rings. The van der Waals surface area contributed by atoms with Crippen molar-refractivity contribution >= 4 is 28.7 Å². The molecule has 21 heavy (non-hydrogen) atoms. The highest BCUT2D eigenvalue weighted by Crippen LogP contribution is 2.24.